The fraction of sp³-hybridized carbons (Fsp3) is 0.250. The molecule has 4 nitrogen and oxygen atoms in total. The first kappa shape index (κ1) is 13.9. The summed E-state index contributed by atoms with van der Waals surface area (Å²) in [6, 6.07) is 14.7. The Balaban J connectivity index is 2.13. The first-order valence-electron chi connectivity index (χ1n) is 7.02. The molecule has 0 aromatic heterocycles. The number of benzene rings is 2. The van der Waals surface area contributed by atoms with Gasteiger partial charge in [-0.25, -0.2) is 8.42 Å². The number of hydrogen-bond donors (Lipinski definition) is 1. The van der Waals surface area contributed by atoms with Crippen LogP contribution in [0.3, 0.4) is 0 Å². The van der Waals surface area contributed by atoms with Gasteiger partial charge in [0.05, 0.1) is 16.3 Å². The molecule has 0 unspecified atom stereocenters. The number of anilines is 2. The maximum atomic E-state index is 13.0. The van der Waals surface area contributed by atoms with Gasteiger partial charge in [-0.1, -0.05) is 30.3 Å². The maximum absolute atomic E-state index is 13.0. The minimum atomic E-state index is -3.54. The Kier molecular flexibility index (Phi) is 3.59. The summed E-state index contributed by atoms with van der Waals surface area (Å²) in [6.45, 7) is 3.09. The van der Waals surface area contributed by atoms with Crippen molar-refractivity contribution in [3.63, 3.8) is 0 Å². The van der Waals surface area contributed by atoms with Crippen LogP contribution in [0.15, 0.2) is 53.4 Å². The van der Waals surface area contributed by atoms with E-state index in [9.17, 15) is 8.42 Å². The van der Waals surface area contributed by atoms with Crippen molar-refractivity contribution in [2.24, 2.45) is 0 Å². The van der Waals surface area contributed by atoms with Gasteiger partial charge in [0.1, 0.15) is 0 Å². The summed E-state index contributed by atoms with van der Waals surface area (Å²) in [5.74, 6) is 0. The molecule has 0 atom stereocenters. The molecule has 0 radical (unpaired) electrons. The lowest BCUT2D eigenvalue weighted by molar-refractivity contribution is 0.589. The van der Waals surface area contributed by atoms with E-state index in [2.05, 4.69) is 5.32 Å². The van der Waals surface area contributed by atoms with E-state index in [1.54, 1.807) is 12.1 Å². The van der Waals surface area contributed by atoms with Crippen LogP contribution in [0, 0.1) is 6.92 Å². The Morgan fingerprint density at radius 3 is 2.57 bits per heavy atom. The van der Waals surface area contributed by atoms with Gasteiger partial charge >= 0.3 is 0 Å². The fourth-order valence-corrected chi connectivity index (χ4v) is 4.37. The Morgan fingerprint density at radius 1 is 1.05 bits per heavy atom. The second-order valence-corrected chi connectivity index (χ2v) is 6.97. The van der Waals surface area contributed by atoms with Gasteiger partial charge < -0.3 is 5.32 Å². The van der Waals surface area contributed by atoms with Crippen LogP contribution in [-0.2, 0) is 10.0 Å². The van der Waals surface area contributed by atoms with Gasteiger partial charge in [-0.15, -0.1) is 0 Å². The first-order valence-corrected chi connectivity index (χ1v) is 8.46. The van der Waals surface area contributed by atoms with E-state index >= 15 is 0 Å². The van der Waals surface area contributed by atoms with E-state index < -0.39 is 10.0 Å². The number of sulfonamides is 1. The number of fused-ring (bicyclic) bond motifs is 1. The average Bonchev–Trinajstić information content (AvgIpc) is 2.70. The van der Waals surface area contributed by atoms with E-state index in [1.165, 1.54) is 4.31 Å². The highest BCUT2D eigenvalue weighted by Gasteiger charge is 2.28. The van der Waals surface area contributed by atoms with Crippen molar-refractivity contribution in [2.45, 2.75) is 18.2 Å². The zero-order valence-electron chi connectivity index (χ0n) is 11.9. The van der Waals surface area contributed by atoms with Gasteiger partial charge in [-0.2, -0.15) is 0 Å². The van der Waals surface area contributed by atoms with Crippen LogP contribution in [0.5, 0.6) is 0 Å². The molecule has 0 amide bonds. The molecule has 2 aromatic carbocycles. The Bertz CT molecular complexity index is 756. The van der Waals surface area contributed by atoms with Crippen molar-refractivity contribution >= 4 is 21.4 Å². The molecule has 0 bridgehead atoms. The van der Waals surface area contributed by atoms with Crippen LogP contribution in [0.1, 0.15) is 12.0 Å². The van der Waals surface area contributed by atoms with Crippen molar-refractivity contribution in [3.8, 4) is 0 Å². The molecule has 0 saturated carbocycles. The predicted molar refractivity (Wildman–Crippen MR) is 85.3 cm³/mol. The van der Waals surface area contributed by atoms with Crippen molar-refractivity contribution < 1.29 is 8.42 Å². The van der Waals surface area contributed by atoms with E-state index in [-0.39, 0.29) is 0 Å². The highest BCUT2D eigenvalue weighted by Crippen LogP contribution is 2.33. The molecule has 1 heterocycles. The molecule has 0 aliphatic carbocycles. The van der Waals surface area contributed by atoms with E-state index in [0.29, 0.717) is 11.4 Å². The molecule has 1 aliphatic heterocycles. The second-order valence-electron chi connectivity index (χ2n) is 5.14. The second kappa shape index (κ2) is 5.41. The number of nitrogens with zero attached hydrogens (tertiary/aromatic N) is 1. The molecule has 110 valence electrons. The number of nitrogens with one attached hydrogen (secondary N) is 1. The lowest BCUT2D eigenvalue weighted by Gasteiger charge is -2.24. The van der Waals surface area contributed by atoms with E-state index in [4.69, 9.17) is 0 Å². The van der Waals surface area contributed by atoms with Crippen molar-refractivity contribution in [1.82, 2.24) is 0 Å². The normalized spacial score (nSPS) is 15.0. The molecular formula is C16H18N2O2S. The highest BCUT2D eigenvalue weighted by atomic mass is 32.2. The molecule has 0 fully saturated rings. The van der Waals surface area contributed by atoms with E-state index in [1.807, 2.05) is 43.3 Å². The summed E-state index contributed by atoms with van der Waals surface area (Å²) in [4.78, 5) is 0.377. The summed E-state index contributed by atoms with van der Waals surface area (Å²) >= 11 is 0. The van der Waals surface area contributed by atoms with Crippen molar-refractivity contribution in [3.05, 3.63) is 54.1 Å². The van der Waals surface area contributed by atoms with Crippen LogP contribution < -0.4 is 9.62 Å². The minimum Gasteiger partial charge on any atom is -0.383 e. The zero-order valence-corrected chi connectivity index (χ0v) is 12.7. The smallest absolute Gasteiger partial charge is 0.264 e. The highest BCUT2D eigenvalue weighted by molar-refractivity contribution is 7.92. The van der Waals surface area contributed by atoms with Gasteiger partial charge in [-0.3, -0.25) is 4.31 Å². The Hall–Kier alpha value is -2.01. The lowest BCUT2D eigenvalue weighted by atomic mass is 10.2. The Labute approximate surface area is 125 Å². The van der Waals surface area contributed by atoms with Crippen LogP contribution >= 0.6 is 0 Å². The summed E-state index contributed by atoms with van der Waals surface area (Å²) in [7, 11) is -3.54. The SMILES string of the molecule is Cc1ccccc1S(=O)(=O)N1CCCNc2ccccc21. The standard InChI is InChI=1S/C16H18N2O2S/c1-13-7-2-5-10-16(13)21(19,20)18-12-6-11-17-14-8-3-4-9-15(14)18/h2-5,7-10,17H,6,11-12H2,1H3. The third-order valence-corrected chi connectivity index (χ3v) is 5.66. The van der Waals surface area contributed by atoms with Gasteiger partial charge in [-0.05, 0) is 37.1 Å². The van der Waals surface area contributed by atoms with Crippen molar-refractivity contribution in [2.75, 3.05) is 22.7 Å². The molecule has 0 spiro atoms. The minimum absolute atomic E-state index is 0.377. The molecule has 3 rings (SSSR count). The number of rotatable bonds is 2. The largest absolute Gasteiger partial charge is 0.383 e. The first-order chi connectivity index (χ1) is 10.1. The third-order valence-electron chi connectivity index (χ3n) is 3.69. The van der Waals surface area contributed by atoms with Gasteiger partial charge in [0, 0.05) is 13.1 Å². The summed E-state index contributed by atoms with van der Waals surface area (Å²) in [5, 5.41) is 3.29. The predicted octanol–water partition coefficient (Wildman–Crippen LogP) is 3.01. The monoisotopic (exact) mass is 302 g/mol. The summed E-state index contributed by atoms with van der Waals surface area (Å²) in [6.07, 6.45) is 0.778. The van der Waals surface area contributed by atoms with Crippen LogP contribution in [0.2, 0.25) is 0 Å². The zero-order chi connectivity index (χ0) is 14.9. The summed E-state index contributed by atoms with van der Waals surface area (Å²) < 4.78 is 27.6. The molecule has 21 heavy (non-hydrogen) atoms. The van der Waals surface area contributed by atoms with Crippen LogP contribution in [-0.4, -0.2) is 21.5 Å². The van der Waals surface area contributed by atoms with Gasteiger partial charge in [0.2, 0.25) is 0 Å². The van der Waals surface area contributed by atoms with Crippen LogP contribution in [0.25, 0.3) is 0 Å². The van der Waals surface area contributed by atoms with Crippen molar-refractivity contribution in [1.29, 1.82) is 0 Å². The Morgan fingerprint density at radius 2 is 1.76 bits per heavy atom. The molecule has 5 heteroatoms. The topological polar surface area (TPSA) is 49.4 Å². The molecular weight excluding hydrogens is 284 g/mol. The molecule has 2 aromatic rings. The maximum Gasteiger partial charge on any atom is 0.264 e. The van der Waals surface area contributed by atoms with Gasteiger partial charge in [0.25, 0.3) is 10.0 Å². The lowest BCUT2D eigenvalue weighted by Crippen LogP contribution is -2.32. The van der Waals surface area contributed by atoms with Gasteiger partial charge in [0.15, 0.2) is 0 Å². The quantitative estimate of drug-likeness (QED) is 0.927. The summed E-state index contributed by atoms with van der Waals surface area (Å²) in [5.41, 5.74) is 2.36. The van der Waals surface area contributed by atoms with E-state index in [0.717, 1.165) is 29.9 Å². The number of hydrogen-bond acceptors (Lipinski definition) is 3. The number of aryl methyl sites for hydroxylation is 1. The third kappa shape index (κ3) is 2.49. The number of para-hydroxylation sites is 2. The molecule has 0 saturated heterocycles. The molecule has 1 aliphatic rings. The fourth-order valence-electron chi connectivity index (χ4n) is 2.62. The van der Waals surface area contributed by atoms with Crippen LogP contribution in [0.4, 0.5) is 11.4 Å². The molecule has 1 N–H and O–H groups in total. The average molecular weight is 302 g/mol.